The highest BCUT2D eigenvalue weighted by Gasteiger charge is 2.14. The molecule has 0 aliphatic heterocycles. The predicted molar refractivity (Wildman–Crippen MR) is 67.8 cm³/mol. The van der Waals surface area contributed by atoms with Gasteiger partial charge in [0.25, 0.3) is 0 Å². The largest absolute Gasteiger partial charge is 0.481 e. The van der Waals surface area contributed by atoms with Gasteiger partial charge in [0.05, 0.1) is 11.2 Å². The van der Waals surface area contributed by atoms with Gasteiger partial charge in [-0.3, -0.25) is 9.59 Å². The molecule has 86 valence electrons. The summed E-state index contributed by atoms with van der Waals surface area (Å²) >= 11 is 6.56. The number of hydrogen-bond acceptors (Lipinski definition) is 2. The van der Waals surface area contributed by atoms with Crippen molar-refractivity contribution in [3.8, 4) is 0 Å². The zero-order valence-corrected chi connectivity index (χ0v) is 11.7. The lowest BCUT2D eigenvalue weighted by molar-refractivity contribution is -0.136. The molecule has 16 heavy (non-hydrogen) atoms. The van der Waals surface area contributed by atoms with Crippen molar-refractivity contribution in [3.63, 3.8) is 0 Å². The number of carbonyl (C=O) groups excluding carboxylic acids is 1. The van der Waals surface area contributed by atoms with E-state index in [1.54, 1.807) is 18.2 Å². The minimum Gasteiger partial charge on any atom is -0.481 e. The van der Waals surface area contributed by atoms with Crippen molar-refractivity contribution in [2.24, 2.45) is 0 Å². The summed E-state index contributed by atoms with van der Waals surface area (Å²) in [4.78, 5) is 21.4. The Labute approximate surface area is 110 Å². The maximum absolute atomic E-state index is 11.2. The number of hydrogen-bond donors (Lipinski definition) is 1. The van der Waals surface area contributed by atoms with E-state index in [-0.39, 0.29) is 12.2 Å². The fourth-order valence-corrected chi connectivity index (χ4v) is 2.16. The molecule has 1 aromatic rings. The molecule has 0 amide bonds. The van der Waals surface area contributed by atoms with Crippen molar-refractivity contribution in [3.05, 3.63) is 33.8 Å². The predicted octanol–water partition coefficient (Wildman–Crippen LogP) is 3.10. The monoisotopic (exact) mass is 348 g/mol. The van der Waals surface area contributed by atoms with E-state index in [9.17, 15) is 9.59 Å². The van der Waals surface area contributed by atoms with Crippen molar-refractivity contribution in [2.45, 2.75) is 18.2 Å². The van der Waals surface area contributed by atoms with Gasteiger partial charge in [-0.25, -0.2) is 0 Å². The van der Waals surface area contributed by atoms with Crippen molar-refractivity contribution in [1.29, 1.82) is 0 Å². The molecule has 0 spiro atoms. The fraction of sp³-hybridized carbons (Fsp3) is 0.273. The minimum absolute atomic E-state index is 0.0145. The molecule has 1 aromatic carbocycles. The maximum Gasteiger partial charge on any atom is 0.307 e. The molecule has 0 heterocycles. The summed E-state index contributed by atoms with van der Waals surface area (Å²) in [5.74, 6) is -0.905. The second-order valence-electron chi connectivity index (χ2n) is 3.44. The SMILES string of the molecule is CC(=O)C(Br)c1cc(Br)cc(CC(=O)O)c1. The van der Waals surface area contributed by atoms with Crippen LogP contribution in [0, 0.1) is 0 Å². The zero-order chi connectivity index (χ0) is 12.3. The van der Waals surface area contributed by atoms with Crippen LogP contribution in [0.2, 0.25) is 0 Å². The Bertz CT molecular complexity index is 429. The second-order valence-corrected chi connectivity index (χ2v) is 5.27. The van der Waals surface area contributed by atoms with Crippen LogP contribution < -0.4 is 0 Å². The molecule has 0 radical (unpaired) electrons. The maximum atomic E-state index is 11.2. The molecule has 0 bridgehead atoms. The van der Waals surface area contributed by atoms with E-state index in [0.717, 1.165) is 10.0 Å². The molecule has 5 heteroatoms. The highest BCUT2D eigenvalue weighted by molar-refractivity contribution is 9.10. The Hall–Kier alpha value is -0.680. The van der Waals surface area contributed by atoms with Crippen LogP contribution >= 0.6 is 31.9 Å². The van der Waals surface area contributed by atoms with Crippen molar-refractivity contribution in [1.82, 2.24) is 0 Å². The first kappa shape index (κ1) is 13.4. The molecule has 1 rings (SSSR count). The van der Waals surface area contributed by atoms with E-state index >= 15 is 0 Å². The van der Waals surface area contributed by atoms with Crippen LogP contribution in [-0.4, -0.2) is 16.9 Å². The number of alkyl halides is 1. The van der Waals surface area contributed by atoms with Gasteiger partial charge in [-0.15, -0.1) is 0 Å². The summed E-state index contributed by atoms with van der Waals surface area (Å²) in [6.45, 7) is 1.48. The van der Waals surface area contributed by atoms with Crippen LogP contribution in [0.4, 0.5) is 0 Å². The van der Waals surface area contributed by atoms with E-state index in [1.165, 1.54) is 6.92 Å². The highest BCUT2D eigenvalue weighted by Crippen LogP contribution is 2.27. The number of benzene rings is 1. The van der Waals surface area contributed by atoms with E-state index in [0.29, 0.717) is 5.56 Å². The Kier molecular flexibility index (Phi) is 4.68. The van der Waals surface area contributed by atoms with Crippen LogP contribution in [0.3, 0.4) is 0 Å². The average molecular weight is 350 g/mol. The molecule has 0 saturated carbocycles. The van der Waals surface area contributed by atoms with Crippen molar-refractivity contribution in [2.75, 3.05) is 0 Å². The van der Waals surface area contributed by atoms with Gasteiger partial charge in [-0.05, 0) is 30.2 Å². The lowest BCUT2D eigenvalue weighted by Crippen LogP contribution is -2.04. The van der Waals surface area contributed by atoms with E-state index in [2.05, 4.69) is 31.9 Å². The third kappa shape index (κ3) is 3.72. The topological polar surface area (TPSA) is 54.4 Å². The quantitative estimate of drug-likeness (QED) is 0.850. The summed E-state index contributed by atoms with van der Waals surface area (Å²) in [5.41, 5.74) is 1.43. The number of carboxylic acid groups (broad SMARTS) is 1. The van der Waals surface area contributed by atoms with Gasteiger partial charge >= 0.3 is 5.97 Å². The van der Waals surface area contributed by atoms with Gasteiger partial charge in [-0.2, -0.15) is 0 Å². The smallest absolute Gasteiger partial charge is 0.307 e. The van der Waals surface area contributed by atoms with Crippen LogP contribution in [0.1, 0.15) is 22.9 Å². The molecule has 0 saturated heterocycles. The van der Waals surface area contributed by atoms with Gasteiger partial charge in [0.2, 0.25) is 0 Å². The van der Waals surface area contributed by atoms with Crippen LogP contribution in [0.25, 0.3) is 0 Å². The third-order valence-electron chi connectivity index (χ3n) is 1.98. The number of carbonyl (C=O) groups is 2. The molecule has 0 aliphatic rings. The number of carboxylic acids is 1. The molecule has 3 nitrogen and oxygen atoms in total. The molecule has 0 aliphatic carbocycles. The van der Waals surface area contributed by atoms with E-state index in [1.807, 2.05) is 0 Å². The Morgan fingerprint density at radius 3 is 2.50 bits per heavy atom. The van der Waals surface area contributed by atoms with Gasteiger partial charge in [0.15, 0.2) is 0 Å². The third-order valence-corrected chi connectivity index (χ3v) is 3.62. The van der Waals surface area contributed by atoms with Gasteiger partial charge in [-0.1, -0.05) is 37.9 Å². The van der Waals surface area contributed by atoms with Crippen LogP contribution in [0.5, 0.6) is 0 Å². The number of rotatable bonds is 4. The number of Topliss-reactive ketones (excluding diaryl/α,β-unsaturated/α-hetero) is 1. The van der Waals surface area contributed by atoms with Crippen LogP contribution in [0.15, 0.2) is 22.7 Å². The van der Waals surface area contributed by atoms with Gasteiger partial charge in [0.1, 0.15) is 5.78 Å². The number of ketones is 1. The zero-order valence-electron chi connectivity index (χ0n) is 8.54. The first-order chi connectivity index (χ1) is 7.40. The summed E-state index contributed by atoms with van der Waals surface area (Å²) < 4.78 is 0.770. The molecule has 1 unspecified atom stereocenters. The average Bonchev–Trinajstić information content (AvgIpc) is 2.14. The summed E-state index contributed by atoms with van der Waals surface area (Å²) in [6, 6.07) is 5.25. The van der Waals surface area contributed by atoms with Gasteiger partial charge in [0, 0.05) is 4.47 Å². The van der Waals surface area contributed by atoms with E-state index in [4.69, 9.17) is 5.11 Å². The first-order valence-electron chi connectivity index (χ1n) is 4.56. The molecule has 0 fully saturated rings. The normalized spacial score (nSPS) is 12.2. The molecular weight excluding hydrogens is 340 g/mol. The number of aliphatic carboxylic acids is 1. The van der Waals surface area contributed by atoms with Crippen molar-refractivity contribution >= 4 is 43.6 Å². The molecule has 1 atom stereocenters. The first-order valence-corrected chi connectivity index (χ1v) is 6.26. The lowest BCUT2D eigenvalue weighted by atomic mass is 10.0. The summed E-state index contributed by atoms with van der Waals surface area (Å²) in [6.07, 6.45) is -0.0515. The molecule has 1 N–H and O–H groups in total. The Balaban J connectivity index is 3.07. The standard InChI is InChI=1S/C11H10Br2O3/c1-6(14)11(13)8-2-7(4-10(15)16)3-9(12)5-8/h2-3,5,11H,4H2,1H3,(H,15,16). The van der Waals surface area contributed by atoms with Crippen LogP contribution in [-0.2, 0) is 16.0 Å². The fourth-order valence-electron chi connectivity index (χ4n) is 1.33. The lowest BCUT2D eigenvalue weighted by Gasteiger charge is -2.09. The minimum atomic E-state index is -0.891. The summed E-state index contributed by atoms with van der Waals surface area (Å²) in [7, 11) is 0. The highest BCUT2D eigenvalue weighted by atomic mass is 79.9. The summed E-state index contributed by atoms with van der Waals surface area (Å²) in [5, 5.41) is 8.70. The number of halogens is 2. The van der Waals surface area contributed by atoms with E-state index < -0.39 is 10.8 Å². The Morgan fingerprint density at radius 1 is 1.38 bits per heavy atom. The van der Waals surface area contributed by atoms with Crippen molar-refractivity contribution < 1.29 is 14.7 Å². The molecular formula is C11H10Br2O3. The Morgan fingerprint density at radius 2 is 2.00 bits per heavy atom. The van der Waals surface area contributed by atoms with Gasteiger partial charge < -0.3 is 5.11 Å². The second kappa shape index (κ2) is 5.59. The molecule has 0 aromatic heterocycles.